The number of nitrogens with zero attached hydrogens (tertiary/aromatic N) is 4. The average molecular weight is 352 g/mol. The van der Waals surface area contributed by atoms with Crippen molar-refractivity contribution in [1.82, 2.24) is 14.9 Å². The van der Waals surface area contributed by atoms with Crippen LogP contribution in [0.1, 0.15) is 30.9 Å². The van der Waals surface area contributed by atoms with E-state index in [-0.39, 0.29) is 24.0 Å². The van der Waals surface area contributed by atoms with E-state index in [1.165, 1.54) is 0 Å². The molecule has 2 fully saturated rings. The number of aromatic nitrogens is 2. The Balaban J connectivity index is 1.67. The van der Waals surface area contributed by atoms with E-state index in [0.29, 0.717) is 6.61 Å². The molecule has 0 unspecified atom stereocenters. The fourth-order valence-corrected chi connectivity index (χ4v) is 4.40. The number of para-hydroxylation sites is 1. The second kappa shape index (κ2) is 7.41. The highest BCUT2D eigenvalue weighted by atomic mass is 16.5. The molecule has 2 amide bonds. The van der Waals surface area contributed by atoms with E-state index in [9.17, 15) is 4.79 Å². The molecule has 0 N–H and O–H groups in total. The maximum atomic E-state index is 13.3. The molecule has 136 valence electrons. The maximum absolute atomic E-state index is 13.3. The van der Waals surface area contributed by atoms with Gasteiger partial charge in [0.1, 0.15) is 0 Å². The summed E-state index contributed by atoms with van der Waals surface area (Å²) in [6.45, 7) is 1.39. The van der Waals surface area contributed by atoms with E-state index in [0.717, 1.165) is 37.2 Å². The number of methoxy groups -OCH3 is 1. The first-order valence-corrected chi connectivity index (χ1v) is 9.21. The summed E-state index contributed by atoms with van der Waals surface area (Å²) in [5.74, 6) is 0.213. The molecule has 26 heavy (non-hydrogen) atoms. The number of ether oxygens (including phenoxy) is 1. The summed E-state index contributed by atoms with van der Waals surface area (Å²) in [5, 5.41) is 0. The lowest BCUT2D eigenvalue weighted by Crippen LogP contribution is -2.38. The third-order valence-electron chi connectivity index (χ3n) is 5.48. The van der Waals surface area contributed by atoms with Crippen molar-refractivity contribution in [3.05, 3.63) is 54.6 Å². The first kappa shape index (κ1) is 17.0. The summed E-state index contributed by atoms with van der Waals surface area (Å²) >= 11 is 0. The Hall–Kier alpha value is -2.47. The van der Waals surface area contributed by atoms with Crippen LogP contribution in [-0.4, -0.2) is 53.2 Å². The third-order valence-corrected chi connectivity index (χ3v) is 5.48. The van der Waals surface area contributed by atoms with Crippen LogP contribution >= 0.6 is 0 Å². The molecule has 1 saturated heterocycles. The first-order valence-electron chi connectivity index (χ1n) is 9.21. The Morgan fingerprint density at radius 2 is 2.04 bits per heavy atom. The number of carbonyl (C=O) groups is 1. The van der Waals surface area contributed by atoms with Gasteiger partial charge in [-0.1, -0.05) is 18.2 Å². The van der Waals surface area contributed by atoms with Gasteiger partial charge in [0, 0.05) is 50.5 Å². The minimum absolute atomic E-state index is 0.0934. The van der Waals surface area contributed by atoms with E-state index in [1.807, 2.05) is 46.3 Å². The van der Waals surface area contributed by atoms with Crippen LogP contribution in [0.5, 0.6) is 0 Å². The van der Waals surface area contributed by atoms with Crippen molar-refractivity contribution in [2.45, 2.75) is 37.3 Å². The zero-order valence-corrected chi connectivity index (χ0v) is 15.0. The SMILES string of the molecule is COCCCN1C(=O)N(c2ccccc2)[C@@H]2[C@H](c3cnccn3)CC[C@@H]21. The molecule has 1 aromatic carbocycles. The van der Waals surface area contributed by atoms with E-state index >= 15 is 0 Å². The molecular weight excluding hydrogens is 328 g/mol. The van der Waals surface area contributed by atoms with Gasteiger partial charge in [0.25, 0.3) is 0 Å². The van der Waals surface area contributed by atoms with Crippen molar-refractivity contribution in [3.63, 3.8) is 0 Å². The molecule has 4 rings (SSSR count). The third kappa shape index (κ3) is 2.94. The lowest BCUT2D eigenvalue weighted by Gasteiger charge is -2.27. The van der Waals surface area contributed by atoms with Crippen molar-refractivity contribution in [2.75, 3.05) is 25.2 Å². The standard InChI is InChI=1S/C20H24N4O2/c1-26-13-5-12-23-18-9-8-16(17-14-21-10-11-22-17)19(18)24(20(23)25)15-6-3-2-4-7-15/h2-4,6-7,10-11,14,16,18-19H,5,8-9,12-13H2,1H3/t16-,18-,19+/m0/s1. The van der Waals surface area contributed by atoms with Crippen LogP contribution in [0, 0.1) is 0 Å². The lowest BCUT2D eigenvalue weighted by molar-refractivity contribution is 0.167. The molecule has 1 aliphatic heterocycles. The first-order chi connectivity index (χ1) is 12.8. The number of benzene rings is 1. The van der Waals surface area contributed by atoms with Crippen LogP contribution in [0.3, 0.4) is 0 Å². The Kier molecular flexibility index (Phi) is 4.84. The van der Waals surface area contributed by atoms with Crippen molar-refractivity contribution in [1.29, 1.82) is 0 Å². The minimum atomic E-state index is 0.0934. The maximum Gasteiger partial charge on any atom is 0.325 e. The van der Waals surface area contributed by atoms with Crippen LogP contribution in [0.2, 0.25) is 0 Å². The van der Waals surface area contributed by atoms with Crippen molar-refractivity contribution in [3.8, 4) is 0 Å². The van der Waals surface area contributed by atoms with E-state index in [4.69, 9.17) is 4.74 Å². The van der Waals surface area contributed by atoms with Crippen LogP contribution in [0.25, 0.3) is 0 Å². The molecule has 3 atom stereocenters. The predicted octanol–water partition coefficient (Wildman–Crippen LogP) is 3.07. The molecular formula is C20H24N4O2. The zero-order chi connectivity index (χ0) is 17.9. The Morgan fingerprint density at radius 1 is 1.19 bits per heavy atom. The average Bonchev–Trinajstić information content (AvgIpc) is 3.22. The summed E-state index contributed by atoms with van der Waals surface area (Å²) in [4.78, 5) is 26.1. The van der Waals surface area contributed by atoms with Gasteiger partial charge in [0.05, 0.1) is 17.8 Å². The van der Waals surface area contributed by atoms with Crippen molar-refractivity contribution in [2.24, 2.45) is 0 Å². The summed E-state index contributed by atoms with van der Waals surface area (Å²) in [5.41, 5.74) is 1.94. The Bertz CT molecular complexity index is 740. The van der Waals surface area contributed by atoms with Crippen LogP contribution in [-0.2, 0) is 4.74 Å². The van der Waals surface area contributed by atoms with Gasteiger partial charge in [0.15, 0.2) is 0 Å². The van der Waals surface area contributed by atoms with Gasteiger partial charge in [-0.15, -0.1) is 0 Å². The molecule has 1 saturated carbocycles. The van der Waals surface area contributed by atoms with E-state index in [1.54, 1.807) is 19.5 Å². The van der Waals surface area contributed by atoms with Gasteiger partial charge >= 0.3 is 6.03 Å². The monoisotopic (exact) mass is 352 g/mol. The summed E-state index contributed by atoms with van der Waals surface area (Å²) in [7, 11) is 1.70. The molecule has 0 bridgehead atoms. The zero-order valence-electron chi connectivity index (χ0n) is 15.0. The smallest absolute Gasteiger partial charge is 0.325 e. The quantitative estimate of drug-likeness (QED) is 0.750. The predicted molar refractivity (Wildman–Crippen MR) is 99.1 cm³/mol. The molecule has 2 aromatic rings. The van der Waals surface area contributed by atoms with Gasteiger partial charge in [-0.05, 0) is 31.4 Å². The number of amides is 2. The highest BCUT2D eigenvalue weighted by molar-refractivity contribution is 5.96. The summed E-state index contributed by atoms with van der Waals surface area (Å²) in [6.07, 6.45) is 8.14. The topological polar surface area (TPSA) is 58.6 Å². The molecule has 0 spiro atoms. The molecule has 0 radical (unpaired) electrons. The van der Waals surface area contributed by atoms with Gasteiger partial charge in [-0.3, -0.25) is 14.9 Å². The highest BCUT2D eigenvalue weighted by Crippen LogP contribution is 2.45. The molecule has 1 aromatic heterocycles. The second-order valence-electron chi connectivity index (χ2n) is 6.90. The molecule has 2 aliphatic rings. The number of anilines is 1. The number of carbonyl (C=O) groups excluding carboxylic acids is 1. The lowest BCUT2D eigenvalue weighted by atomic mass is 9.97. The van der Waals surface area contributed by atoms with Gasteiger partial charge in [-0.25, -0.2) is 4.79 Å². The molecule has 2 heterocycles. The van der Waals surface area contributed by atoms with Crippen LogP contribution in [0.15, 0.2) is 48.9 Å². The Morgan fingerprint density at radius 3 is 2.77 bits per heavy atom. The molecule has 1 aliphatic carbocycles. The van der Waals surface area contributed by atoms with Gasteiger partial charge in [-0.2, -0.15) is 0 Å². The van der Waals surface area contributed by atoms with Gasteiger partial charge < -0.3 is 9.64 Å². The van der Waals surface area contributed by atoms with E-state index in [2.05, 4.69) is 9.97 Å². The van der Waals surface area contributed by atoms with E-state index < -0.39 is 0 Å². The number of urea groups is 1. The fraction of sp³-hybridized carbons (Fsp3) is 0.450. The van der Waals surface area contributed by atoms with Crippen molar-refractivity contribution >= 4 is 11.7 Å². The minimum Gasteiger partial charge on any atom is -0.385 e. The number of hydrogen-bond donors (Lipinski definition) is 0. The second-order valence-corrected chi connectivity index (χ2v) is 6.90. The number of fused-ring (bicyclic) bond motifs is 1. The number of rotatable bonds is 6. The summed E-state index contributed by atoms with van der Waals surface area (Å²) in [6, 6.07) is 10.4. The normalized spacial score (nSPS) is 25.0. The summed E-state index contributed by atoms with van der Waals surface area (Å²) < 4.78 is 5.18. The molecule has 6 heteroatoms. The van der Waals surface area contributed by atoms with Gasteiger partial charge in [0.2, 0.25) is 0 Å². The number of hydrogen-bond acceptors (Lipinski definition) is 4. The van der Waals surface area contributed by atoms with Crippen LogP contribution in [0.4, 0.5) is 10.5 Å². The van der Waals surface area contributed by atoms with Crippen LogP contribution < -0.4 is 4.90 Å². The molecule has 6 nitrogen and oxygen atoms in total. The van der Waals surface area contributed by atoms with Crippen molar-refractivity contribution < 1.29 is 9.53 Å². The highest BCUT2D eigenvalue weighted by Gasteiger charge is 2.53. The largest absolute Gasteiger partial charge is 0.385 e. The Labute approximate surface area is 153 Å². The fourth-order valence-electron chi connectivity index (χ4n) is 4.40.